The Hall–Kier alpha value is -1.80. The molecule has 1 aromatic rings. The van der Waals surface area contributed by atoms with Gasteiger partial charge in [-0.05, 0) is 44.6 Å². The van der Waals surface area contributed by atoms with Crippen LogP contribution in [0.4, 0.5) is 0 Å². The fourth-order valence-electron chi connectivity index (χ4n) is 2.31. The van der Waals surface area contributed by atoms with Gasteiger partial charge in [0, 0.05) is 12.1 Å². The number of nitrogens with zero attached hydrogens (tertiary/aromatic N) is 4. The van der Waals surface area contributed by atoms with Gasteiger partial charge in [0.1, 0.15) is 5.78 Å². The first-order valence-electron chi connectivity index (χ1n) is 10.5. The maximum atomic E-state index is 12.6. The minimum atomic E-state index is -2.30. The van der Waals surface area contributed by atoms with Gasteiger partial charge in [-0.1, -0.05) is 27.7 Å². The van der Waals surface area contributed by atoms with E-state index < -0.39 is 29.5 Å². The topological polar surface area (TPSA) is 277 Å². The number of aromatic nitrogens is 1. The Morgan fingerprint density at radius 1 is 0.711 bits per heavy atom. The third-order valence-corrected chi connectivity index (χ3v) is 10.7. The van der Waals surface area contributed by atoms with Crippen molar-refractivity contribution >= 4 is 20.1 Å². The summed E-state index contributed by atoms with van der Waals surface area (Å²) in [6, 6.07) is 5.28. The molecular formula is C18H33N4O13P2Yb. The molecule has 1 radical (unpaired) electrons. The number of hydrogen-bond donors (Lipinski definition) is 0. The van der Waals surface area contributed by atoms with E-state index in [0.29, 0.717) is 48.4 Å². The van der Waals surface area contributed by atoms with Crippen molar-refractivity contribution < 1.29 is 80.8 Å². The predicted molar refractivity (Wildman–Crippen MR) is 138 cm³/mol. The molecule has 0 unspecified atom stereocenters. The van der Waals surface area contributed by atoms with Crippen molar-refractivity contribution in [2.45, 2.75) is 53.9 Å². The number of ketones is 1. The second kappa shape index (κ2) is 25.5. The largest absolute Gasteiger partial charge is 3.00 e. The van der Waals surface area contributed by atoms with Crippen molar-refractivity contribution in [2.24, 2.45) is 0 Å². The van der Waals surface area contributed by atoms with Gasteiger partial charge in [-0.15, -0.1) is 0 Å². The van der Waals surface area contributed by atoms with Crippen LogP contribution in [0, 0.1) is 98.1 Å². The second-order valence-electron chi connectivity index (χ2n) is 7.08. The molecule has 0 aliphatic rings. The first-order chi connectivity index (χ1) is 16.8. The smallest absolute Gasteiger partial charge is 0.618 e. The molecule has 1 aromatic heterocycles. The van der Waals surface area contributed by atoms with Gasteiger partial charge in [0.05, 0.1) is 41.9 Å². The zero-order valence-corrected chi connectivity index (χ0v) is 25.2. The molecule has 1 rings (SSSR count). The first-order valence-corrected chi connectivity index (χ1v) is 15.0. The molecule has 38 heavy (non-hydrogen) atoms. The fourth-order valence-corrected chi connectivity index (χ4v) is 5.75. The van der Waals surface area contributed by atoms with Crippen LogP contribution in [0.15, 0.2) is 18.2 Å². The Bertz CT molecular complexity index is 825. The van der Waals surface area contributed by atoms with Crippen molar-refractivity contribution in [3.63, 3.8) is 0 Å². The third-order valence-electron chi connectivity index (χ3n) is 4.30. The van der Waals surface area contributed by atoms with Crippen molar-refractivity contribution in [1.82, 2.24) is 0 Å². The quantitative estimate of drug-likeness (QED) is 0.120. The summed E-state index contributed by atoms with van der Waals surface area (Å²) in [6.07, 6.45) is 3.10. The van der Waals surface area contributed by atoms with E-state index >= 15 is 0 Å². The van der Waals surface area contributed by atoms with E-state index in [1.807, 2.05) is 33.8 Å². The standard InChI is InChI=1S/C15H27NO3P2.C3H6O.3NO3.Yb/c1-5-20(18,6-2)12-14-10-9-11-15(16(14)17)13-21(19,7-3)8-4;1-3(2)4;3*2-1(3)4;/h9-11H,5-8,12-13H2,1-4H3;1-2H3;;;;/q;;3*-1;+3. The molecule has 0 bridgehead atoms. The van der Waals surface area contributed by atoms with Crippen LogP contribution in [0.1, 0.15) is 52.9 Å². The molecule has 0 amide bonds. The molecule has 0 fully saturated rings. The maximum absolute atomic E-state index is 12.6. The van der Waals surface area contributed by atoms with E-state index in [4.69, 9.17) is 46.0 Å². The Morgan fingerprint density at radius 2 is 0.895 bits per heavy atom. The summed E-state index contributed by atoms with van der Waals surface area (Å²) in [5.74, 6) is 0.167. The van der Waals surface area contributed by atoms with Gasteiger partial charge in [0.25, 0.3) is 0 Å². The molecule has 0 saturated carbocycles. The molecule has 0 N–H and O–H groups in total. The molecule has 17 nitrogen and oxygen atoms in total. The molecule has 0 aromatic carbocycles. The molecule has 0 spiro atoms. The van der Waals surface area contributed by atoms with Gasteiger partial charge in [-0.25, -0.2) is 0 Å². The summed E-state index contributed by atoms with van der Waals surface area (Å²) >= 11 is 0. The Balaban J connectivity index is -0.000000175. The van der Waals surface area contributed by atoms with Crippen LogP contribution in [0.3, 0.4) is 0 Å². The summed E-state index contributed by atoms with van der Waals surface area (Å²) in [7, 11) is -4.61. The molecule has 0 aliphatic carbocycles. The SMILES string of the molecule is CC(C)=O.CCP(=O)(CC)Cc1cccc(CP(=O)(CC)CC)[n+]1[O-].O=[N+]([O-])[O-].O=[N+]([O-])[O-].O=[N+]([O-])[O-].[Yb+3]. The van der Waals surface area contributed by atoms with Gasteiger partial charge in [0.15, 0.2) is 11.4 Å². The summed E-state index contributed by atoms with van der Waals surface area (Å²) in [4.78, 5) is 34.2. The maximum Gasteiger partial charge on any atom is 3.00 e. The summed E-state index contributed by atoms with van der Waals surface area (Å²) in [5, 5.41) is 56.7. The number of hydrogen-bond acceptors (Lipinski definition) is 13. The summed E-state index contributed by atoms with van der Waals surface area (Å²) in [5.41, 5.74) is 1.08. The molecule has 0 saturated heterocycles. The van der Waals surface area contributed by atoms with Crippen LogP contribution in [-0.4, -0.2) is 45.7 Å². The van der Waals surface area contributed by atoms with E-state index in [1.165, 1.54) is 13.8 Å². The van der Waals surface area contributed by atoms with Crippen LogP contribution < -0.4 is 4.73 Å². The normalized spacial score (nSPS) is 9.53. The monoisotopic (exact) mass is 749 g/mol. The van der Waals surface area contributed by atoms with E-state index in [-0.39, 0.29) is 52.7 Å². The fraction of sp³-hybridized carbons (Fsp3) is 0.667. The van der Waals surface area contributed by atoms with Gasteiger partial charge >= 0.3 is 46.9 Å². The number of Topliss-reactive ketones (excluding diaryl/α,β-unsaturated/α-hetero) is 1. The number of pyridine rings is 1. The molecule has 0 atom stereocenters. The van der Waals surface area contributed by atoms with E-state index in [9.17, 15) is 19.1 Å². The average Bonchev–Trinajstić information content (AvgIpc) is 2.75. The van der Waals surface area contributed by atoms with E-state index in [2.05, 4.69) is 0 Å². The van der Waals surface area contributed by atoms with Gasteiger partial charge in [-0.2, -0.15) is 4.73 Å². The van der Waals surface area contributed by atoms with E-state index in [1.54, 1.807) is 12.1 Å². The van der Waals surface area contributed by atoms with E-state index in [0.717, 1.165) is 4.73 Å². The van der Waals surface area contributed by atoms with Crippen LogP contribution in [0.25, 0.3) is 0 Å². The second-order valence-corrected chi connectivity index (χ2v) is 14.5. The minimum Gasteiger partial charge on any atom is -0.618 e. The summed E-state index contributed by atoms with van der Waals surface area (Å²) < 4.78 is 26.0. The number of carbonyl (C=O) groups is 1. The molecule has 1 heterocycles. The van der Waals surface area contributed by atoms with Gasteiger partial charge in [-0.3, -0.25) is 0 Å². The number of carbonyl (C=O) groups excluding carboxylic acids is 1. The van der Waals surface area contributed by atoms with Crippen molar-refractivity contribution in [2.75, 3.05) is 24.6 Å². The van der Waals surface area contributed by atoms with Gasteiger partial charge < -0.3 is 65.1 Å². The van der Waals surface area contributed by atoms with Crippen molar-refractivity contribution in [3.05, 3.63) is 80.8 Å². The predicted octanol–water partition coefficient (Wildman–Crippen LogP) is 4.00. The zero-order chi connectivity index (χ0) is 30.4. The van der Waals surface area contributed by atoms with Gasteiger partial charge in [0.2, 0.25) is 0 Å². The zero-order valence-electron chi connectivity index (χ0n) is 21.7. The Kier molecular flexibility index (Phi) is 30.9. The van der Waals surface area contributed by atoms with Crippen molar-refractivity contribution in [1.29, 1.82) is 0 Å². The van der Waals surface area contributed by atoms with Crippen LogP contribution in [0.2, 0.25) is 0 Å². The molecular weight excluding hydrogens is 715 g/mol. The summed E-state index contributed by atoms with van der Waals surface area (Å²) in [6.45, 7) is 10.7. The average molecular weight is 748 g/mol. The van der Waals surface area contributed by atoms with Crippen LogP contribution in [0.5, 0.6) is 0 Å². The van der Waals surface area contributed by atoms with Crippen molar-refractivity contribution in [3.8, 4) is 0 Å². The van der Waals surface area contributed by atoms with Crippen LogP contribution in [-0.2, 0) is 26.2 Å². The minimum absolute atomic E-state index is 0. The molecule has 227 valence electrons. The molecule has 20 heteroatoms. The Labute approximate surface area is 258 Å². The Morgan fingerprint density at radius 3 is 1.05 bits per heavy atom. The van der Waals surface area contributed by atoms with Crippen LogP contribution >= 0.6 is 14.3 Å². The first kappa shape index (κ1) is 46.1. The molecule has 0 aliphatic heterocycles. The third kappa shape index (κ3) is 32.2. The number of rotatable bonds is 8.